The van der Waals surface area contributed by atoms with Gasteiger partial charge in [-0.25, -0.2) is 4.39 Å². The van der Waals surface area contributed by atoms with Crippen LogP contribution >= 0.6 is 23.7 Å². The number of thiophene rings is 1. The van der Waals surface area contributed by atoms with Crippen LogP contribution in [0.3, 0.4) is 0 Å². The van der Waals surface area contributed by atoms with E-state index < -0.39 is 0 Å². The van der Waals surface area contributed by atoms with Gasteiger partial charge in [0.15, 0.2) is 0 Å². The molecule has 1 aromatic heterocycles. The minimum atomic E-state index is -0.253. The molecule has 1 aliphatic rings. The van der Waals surface area contributed by atoms with E-state index in [1.165, 1.54) is 23.5 Å². The van der Waals surface area contributed by atoms with Gasteiger partial charge in [-0.1, -0.05) is 12.1 Å². The number of aryl methyl sites for hydroxylation is 1. The van der Waals surface area contributed by atoms with Crippen LogP contribution in [-0.4, -0.2) is 29.9 Å². The SMILES string of the molecule is Cc1sc(C(=O)N2CC(CN)CC2C)cc1-c1ccc(F)cc1.Cl. The minimum Gasteiger partial charge on any atom is -0.335 e. The lowest BCUT2D eigenvalue weighted by atomic mass is 10.1. The molecule has 0 bridgehead atoms. The van der Waals surface area contributed by atoms with Crippen LogP contribution in [0.1, 0.15) is 27.9 Å². The number of carbonyl (C=O) groups excluding carboxylic acids is 1. The zero-order chi connectivity index (χ0) is 16.6. The molecule has 2 atom stereocenters. The number of amides is 1. The van der Waals surface area contributed by atoms with Crippen LogP contribution in [0.5, 0.6) is 0 Å². The second-order valence-corrected chi connectivity index (χ2v) is 7.49. The third kappa shape index (κ3) is 3.63. The number of likely N-dealkylation sites (tertiary alicyclic amines) is 1. The van der Waals surface area contributed by atoms with E-state index in [1.54, 1.807) is 12.1 Å². The topological polar surface area (TPSA) is 46.3 Å². The zero-order valence-electron chi connectivity index (χ0n) is 13.8. The lowest BCUT2D eigenvalue weighted by Crippen LogP contribution is -2.33. The molecule has 2 unspecified atom stereocenters. The predicted molar refractivity (Wildman–Crippen MR) is 99.4 cm³/mol. The van der Waals surface area contributed by atoms with E-state index in [9.17, 15) is 9.18 Å². The van der Waals surface area contributed by atoms with Gasteiger partial charge in [0.2, 0.25) is 0 Å². The van der Waals surface area contributed by atoms with Crippen molar-refractivity contribution in [3.8, 4) is 11.1 Å². The van der Waals surface area contributed by atoms with Crippen molar-refractivity contribution in [3.05, 3.63) is 45.9 Å². The Morgan fingerprint density at radius 3 is 2.62 bits per heavy atom. The van der Waals surface area contributed by atoms with Crippen molar-refractivity contribution in [2.75, 3.05) is 13.1 Å². The maximum atomic E-state index is 13.1. The second kappa shape index (κ2) is 7.64. The van der Waals surface area contributed by atoms with Gasteiger partial charge in [0, 0.05) is 17.5 Å². The van der Waals surface area contributed by atoms with Crippen molar-refractivity contribution < 1.29 is 9.18 Å². The van der Waals surface area contributed by atoms with Crippen LogP contribution in [0.15, 0.2) is 30.3 Å². The maximum Gasteiger partial charge on any atom is 0.264 e. The molecule has 0 aliphatic carbocycles. The summed E-state index contributed by atoms with van der Waals surface area (Å²) in [4.78, 5) is 16.5. The highest BCUT2D eigenvalue weighted by molar-refractivity contribution is 7.14. The molecule has 2 aromatic rings. The fourth-order valence-corrected chi connectivity index (χ4v) is 4.24. The Bertz CT molecular complexity index is 716. The average Bonchev–Trinajstić information content (AvgIpc) is 3.10. The summed E-state index contributed by atoms with van der Waals surface area (Å²) in [5.41, 5.74) is 7.69. The molecule has 1 fully saturated rings. The molecule has 1 amide bonds. The summed E-state index contributed by atoms with van der Waals surface area (Å²) < 4.78 is 13.1. The molecular formula is C18H22ClFN2OS. The van der Waals surface area contributed by atoms with E-state index >= 15 is 0 Å². The van der Waals surface area contributed by atoms with Crippen LogP contribution < -0.4 is 5.73 Å². The number of hydrogen-bond acceptors (Lipinski definition) is 3. The van der Waals surface area contributed by atoms with Crippen LogP contribution in [0, 0.1) is 18.7 Å². The van der Waals surface area contributed by atoms with Gasteiger partial charge in [0.1, 0.15) is 5.82 Å². The first-order chi connectivity index (χ1) is 11.0. The Morgan fingerprint density at radius 1 is 1.38 bits per heavy atom. The molecular weight excluding hydrogens is 347 g/mol. The Labute approximate surface area is 152 Å². The van der Waals surface area contributed by atoms with Crippen molar-refractivity contribution in [1.82, 2.24) is 4.90 Å². The van der Waals surface area contributed by atoms with Gasteiger partial charge in [0.25, 0.3) is 5.91 Å². The van der Waals surface area contributed by atoms with Crippen LogP contribution in [0.2, 0.25) is 0 Å². The Morgan fingerprint density at radius 2 is 2.04 bits per heavy atom. The third-order valence-corrected chi connectivity index (χ3v) is 5.58. The van der Waals surface area contributed by atoms with Gasteiger partial charge in [-0.15, -0.1) is 23.7 Å². The average molecular weight is 369 g/mol. The summed E-state index contributed by atoms with van der Waals surface area (Å²) in [6, 6.07) is 8.55. The Hall–Kier alpha value is -1.43. The van der Waals surface area contributed by atoms with Crippen molar-refractivity contribution >= 4 is 29.7 Å². The summed E-state index contributed by atoms with van der Waals surface area (Å²) >= 11 is 1.50. The molecule has 24 heavy (non-hydrogen) atoms. The molecule has 0 radical (unpaired) electrons. The maximum absolute atomic E-state index is 13.1. The molecule has 2 N–H and O–H groups in total. The highest BCUT2D eigenvalue weighted by atomic mass is 35.5. The number of halogens is 2. The fourth-order valence-electron chi connectivity index (χ4n) is 3.24. The van der Waals surface area contributed by atoms with E-state index in [-0.39, 0.29) is 30.2 Å². The third-order valence-electron chi connectivity index (χ3n) is 4.54. The normalized spacial score (nSPS) is 20.1. The summed E-state index contributed by atoms with van der Waals surface area (Å²) in [5, 5.41) is 0. The van der Waals surface area contributed by atoms with Crippen molar-refractivity contribution in [3.63, 3.8) is 0 Å². The molecule has 3 rings (SSSR count). The number of hydrogen-bond donors (Lipinski definition) is 1. The van der Waals surface area contributed by atoms with Crippen molar-refractivity contribution in [2.45, 2.75) is 26.3 Å². The number of benzene rings is 1. The first-order valence-electron chi connectivity index (χ1n) is 7.87. The van der Waals surface area contributed by atoms with E-state index in [4.69, 9.17) is 5.73 Å². The number of carbonyl (C=O) groups is 1. The molecule has 6 heteroatoms. The number of nitrogens with two attached hydrogens (primary N) is 1. The molecule has 0 spiro atoms. The molecule has 1 saturated heterocycles. The minimum absolute atomic E-state index is 0. The molecule has 3 nitrogen and oxygen atoms in total. The number of rotatable bonds is 3. The van der Waals surface area contributed by atoms with E-state index in [0.717, 1.165) is 33.8 Å². The molecule has 1 aromatic carbocycles. The van der Waals surface area contributed by atoms with Crippen LogP contribution in [-0.2, 0) is 0 Å². The summed E-state index contributed by atoms with van der Waals surface area (Å²) in [7, 11) is 0. The van der Waals surface area contributed by atoms with Gasteiger partial charge < -0.3 is 10.6 Å². The highest BCUT2D eigenvalue weighted by Gasteiger charge is 2.33. The molecule has 1 aliphatic heterocycles. The summed E-state index contributed by atoms with van der Waals surface area (Å²) in [5.74, 6) is 0.221. The highest BCUT2D eigenvalue weighted by Crippen LogP contribution is 2.33. The standard InChI is InChI=1S/C18H21FN2OS.ClH/c1-11-7-13(9-20)10-21(11)18(22)17-8-16(12(2)23-17)14-3-5-15(19)6-4-14;/h3-6,8,11,13H,7,9-10,20H2,1-2H3;1H. The van der Waals surface area contributed by atoms with E-state index in [1.807, 2.05) is 17.9 Å². The smallest absolute Gasteiger partial charge is 0.264 e. The molecule has 0 saturated carbocycles. The Kier molecular flexibility index (Phi) is 6.01. The predicted octanol–water partition coefficient (Wildman–Crippen LogP) is 4.09. The first-order valence-corrected chi connectivity index (χ1v) is 8.68. The number of nitrogens with zero attached hydrogens (tertiary/aromatic N) is 1. The molecule has 2 heterocycles. The molecule has 130 valence electrons. The van der Waals surface area contributed by atoms with Gasteiger partial charge in [-0.2, -0.15) is 0 Å². The lowest BCUT2D eigenvalue weighted by Gasteiger charge is -2.20. The zero-order valence-corrected chi connectivity index (χ0v) is 15.4. The van der Waals surface area contributed by atoms with Gasteiger partial charge in [-0.05, 0) is 62.1 Å². The van der Waals surface area contributed by atoms with Crippen molar-refractivity contribution in [1.29, 1.82) is 0 Å². The van der Waals surface area contributed by atoms with Crippen molar-refractivity contribution in [2.24, 2.45) is 11.7 Å². The lowest BCUT2D eigenvalue weighted by molar-refractivity contribution is 0.0748. The Balaban J connectivity index is 0.00000208. The van der Waals surface area contributed by atoms with Gasteiger partial charge >= 0.3 is 0 Å². The summed E-state index contributed by atoms with van der Waals surface area (Å²) in [6.45, 7) is 5.43. The van der Waals surface area contributed by atoms with Crippen LogP contribution in [0.4, 0.5) is 4.39 Å². The largest absolute Gasteiger partial charge is 0.335 e. The monoisotopic (exact) mass is 368 g/mol. The fraction of sp³-hybridized carbons (Fsp3) is 0.389. The van der Waals surface area contributed by atoms with Gasteiger partial charge in [0.05, 0.1) is 4.88 Å². The first kappa shape index (κ1) is 18.9. The second-order valence-electron chi connectivity index (χ2n) is 6.23. The van der Waals surface area contributed by atoms with E-state index in [2.05, 4.69) is 6.92 Å². The van der Waals surface area contributed by atoms with E-state index in [0.29, 0.717) is 12.5 Å². The summed E-state index contributed by atoms with van der Waals surface area (Å²) in [6.07, 6.45) is 0.970. The quantitative estimate of drug-likeness (QED) is 0.886. The van der Waals surface area contributed by atoms with Crippen LogP contribution in [0.25, 0.3) is 11.1 Å². The van der Waals surface area contributed by atoms with Gasteiger partial charge in [-0.3, -0.25) is 4.79 Å².